The topological polar surface area (TPSA) is 38.3 Å². The van der Waals surface area contributed by atoms with Crippen LogP contribution in [0, 0.1) is 0 Å². The molecule has 0 aliphatic rings. The van der Waals surface area contributed by atoms with Crippen molar-refractivity contribution in [2.24, 2.45) is 0 Å². The standard InChI is InChI=1S/C15H13Cl2NO2S/c1-20-15(19)18-12-4-6-13(7-5-12)21-9-10-2-3-11(16)8-14(10)17/h2-8H,9H2,1H3,(H,18,19). The summed E-state index contributed by atoms with van der Waals surface area (Å²) in [6, 6.07) is 13.0. The Kier molecular flexibility index (Phi) is 5.79. The van der Waals surface area contributed by atoms with Crippen LogP contribution < -0.4 is 5.32 Å². The average Bonchev–Trinajstić information content (AvgIpc) is 2.48. The van der Waals surface area contributed by atoms with Crippen molar-refractivity contribution in [1.82, 2.24) is 0 Å². The number of thioether (sulfide) groups is 1. The third-order valence-electron chi connectivity index (χ3n) is 2.70. The van der Waals surface area contributed by atoms with Crippen molar-refractivity contribution in [1.29, 1.82) is 0 Å². The number of amides is 1. The Labute approximate surface area is 137 Å². The van der Waals surface area contributed by atoms with Crippen LogP contribution in [0.2, 0.25) is 10.0 Å². The number of benzene rings is 2. The highest BCUT2D eigenvalue weighted by molar-refractivity contribution is 7.98. The molecule has 2 aromatic carbocycles. The molecule has 1 N–H and O–H groups in total. The van der Waals surface area contributed by atoms with Gasteiger partial charge in [-0.15, -0.1) is 11.8 Å². The van der Waals surface area contributed by atoms with Crippen molar-refractivity contribution >= 4 is 46.7 Å². The first-order valence-corrected chi connectivity index (χ1v) is 7.84. The largest absolute Gasteiger partial charge is 0.453 e. The van der Waals surface area contributed by atoms with E-state index in [0.29, 0.717) is 15.7 Å². The van der Waals surface area contributed by atoms with Crippen LogP contribution in [0.4, 0.5) is 10.5 Å². The van der Waals surface area contributed by atoms with E-state index in [9.17, 15) is 4.79 Å². The number of hydrogen-bond donors (Lipinski definition) is 1. The van der Waals surface area contributed by atoms with Crippen LogP contribution in [0.1, 0.15) is 5.56 Å². The molecule has 3 nitrogen and oxygen atoms in total. The van der Waals surface area contributed by atoms with Gasteiger partial charge in [0.25, 0.3) is 0 Å². The number of nitrogens with one attached hydrogen (secondary N) is 1. The number of hydrogen-bond acceptors (Lipinski definition) is 3. The van der Waals surface area contributed by atoms with E-state index in [1.54, 1.807) is 17.8 Å². The fourth-order valence-corrected chi connectivity index (χ4v) is 3.06. The van der Waals surface area contributed by atoms with Gasteiger partial charge in [0, 0.05) is 26.4 Å². The summed E-state index contributed by atoms with van der Waals surface area (Å²) in [6.45, 7) is 0. The third kappa shape index (κ3) is 4.84. The predicted molar refractivity (Wildman–Crippen MR) is 88.5 cm³/mol. The van der Waals surface area contributed by atoms with Gasteiger partial charge in [0.1, 0.15) is 0 Å². The molecule has 0 spiro atoms. The SMILES string of the molecule is COC(=O)Nc1ccc(SCc2ccc(Cl)cc2Cl)cc1. The van der Waals surface area contributed by atoms with Crippen molar-refractivity contribution in [3.8, 4) is 0 Å². The first-order chi connectivity index (χ1) is 10.1. The highest BCUT2D eigenvalue weighted by Crippen LogP contribution is 2.29. The number of anilines is 1. The third-order valence-corrected chi connectivity index (χ3v) is 4.34. The lowest BCUT2D eigenvalue weighted by Gasteiger charge is -2.07. The van der Waals surface area contributed by atoms with Crippen molar-refractivity contribution in [3.63, 3.8) is 0 Å². The van der Waals surface area contributed by atoms with Crippen LogP contribution >= 0.6 is 35.0 Å². The molecule has 21 heavy (non-hydrogen) atoms. The predicted octanol–water partition coefficient (Wildman–Crippen LogP) is 5.46. The number of rotatable bonds is 4. The van der Waals surface area contributed by atoms with E-state index in [2.05, 4.69) is 10.1 Å². The summed E-state index contributed by atoms with van der Waals surface area (Å²) in [5.41, 5.74) is 1.72. The van der Waals surface area contributed by atoms with Gasteiger partial charge in [0.15, 0.2) is 0 Å². The Hall–Kier alpha value is -1.36. The van der Waals surface area contributed by atoms with E-state index in [1.807, 2.05) is 36.4 Å². The first kappa shape index (κ1) is 16.0. The molecule has 0 bridgehead atoms. The summed E-state index contributed by atoms with van der Waals surface area (Å²) >= 11 is 13.7. The minimum absolute atomic E-state index is 0.483. The van der Waals surface area contributed by atoms with E-state index >= 15 is 0 Å². The molecular formula is C15H13Cl2NO2S. The summed E-state index contributed by atoms with van der Waals surface area (Å²) in [5, 5.41) is 3.90. The molecule has 0 aromatic heterocycles. The molecule has 0 fully saturated rings. The summed E-state index contributed by atoms with van der Waals surface area (Å²) in [5.74, 6) is 0.750. The first-order valence-electron chi connectivity index (χ1n) is 6.10. The highest BCUT2D eigenvalue weighted by Gasteiger charge is 2.04. The summed E-state index contributed by atoms with van der Waals surface area (Å²) < 4.78 is 4.53. The Balaban J connectivity index is 1.96. The Morgan fingerprint density at radius 3 is 2.52 bits per heavy atom. The molecule has 0 aliphatic carbocycles. The molecular weight excluding hydrogens is 329 g/mol. The number of carbonyl (C=O) groups is 1. The average molecular weight is 342 g/mol. The van der Waals surface area contributed by atoms with Crippen molar-refractivity contribution < 1.29 is 9.53 Å². The Bertz CT molecular complexity index is 632. The monoisotopic (exact) mass is 341 g/mol. The van der Waals surface area contributed by atoms with Crippen LogP contribution in [0.5, 0.6) is 0 Å². The molecule has 2 aromatic rings. The number of ether oxygens (including phenoxy) is 1. The van der Waals surface area contributed by atoms with E-state index in [-0.39, 0.29) is 0 Å². The zero-order valence-electron chi connectivity index (χ0n) is 11.2. The zero-order chi connectivity index (χ0) is 15.2. The van der Waals surface area contributed by atoms with Gasteiger partial charge in [-0.3, -0.25) is 5.32 Å². The maximum atomic E-state index is 11.1. The maximum Gasteiger partial charge on any atom is 0.411 e. The van der Waals surface area contributed by atoms with Gasteiger partial charge >= 0.3 is 6.09 Å². The minimum atomic E-state index is -0.483. The van der Waals surface area contributed by atoms with Gasteiger partial charge in [-0.05, 0) is 42.0 Å². The molecule has 110 valence electrons. The Morgan fingerprint density at radius 2 is 1.90 bits per heavy atom. The minimum Gasteiger partial charge on any atom is -0.453 e. The molecule has 0 atom stereocenters. The molecule has 2 rings (SSSR count). The van der Waals surface area contributed by atoms with Gasteiger partial charge in [0.2, 0.25) is 0 Å². The van der Waals surface area contributed by atoms with Gasteiger partial charge in [-0.2, -0.15) is 0 Å². The fraction of sp³-hybridized carbons (Fsp3) is 0.133. The second kappa shape index (κ2) is 7.59. The van der Waals surface area contributed by atoms with Crippen LogP contribution in [0.15, 0.2) is 47.4 Å². The summed E-state index contributed by atoms with van der Waals surface area (Å²) in [4.78, 5) is 12.2. The number of halogens is 2. The molecule has 0 unspecified atom stereocenters. The van der Waals surface area contributed by atoms with Gasteiger partial charge in [-0.1, -0.05) is 29.3 Å². The van der Waals surface area contributed by atoms with Crippen LogP contribution in [0.25, 0.3) is 0 Å². The molecule has 6 heteroatoms. The quantitative estimate of drug-likeness (QED) is 0.750. The van der Waals surface area contributed by atoms with Gasteiger partial charge in [0.05, 0.1) is 7.11 Å². The molecule has 0 saturated carbocycles. The van der Waals surface area contributed by atoms with Gasteiger partial charge in [-0.25, -0.2) is 4.79 Å². The van der Waals surface area contributed by atoms with E-state index in [1.165, 1.54) is 7.11 Å². The lowest BCUT2D eigenvalue weighted by molar-refractivity contribution is 0.187. The van der Waals surface area contributed by atoms with Crippen molar-refractivity contribution in [3.05, 3.63) is 58.1 Å². The van der Waals surface area contributed by atoms with Crippen LogP contribution in [-0.2, 0) is 10.5 Å². The lowest BCUT2D eigenvalue weighted by Crippen LogP contribution is -2.10. The maximum absolute atomic E-state index is 11.1. The summed E-state index contributed by atoms with van der Waals surface area (Å²) in [6.07, 6.45) is -0.483. The van der Waals surface area contributed by atoms with Gasteiger partial charge < -0.3 is 4.74 Å². The smallest absolute Gasteiger partial charge is 0.411 e. The molecule has 0 heterocycles. The number of carbonyl (C=O) groups excluding carboxylic acids is 1. The molecule has 1 amide bonds. The van der Waals surface area contributed by atoms with Crippen molar-refractivity contribution in [2.45, 2.75) is 10.6 Å². The van der Waals surface area contributed by atoms with Crippen LogP contribution in [-0.4, -0.2) is 13.2 Å². The van der Waals surface area contributed by atoms with Crippen molar-refractivity contribution in [2.75, 3.05) is 12.4 Å². The lowest BCUT2D eigenvalue weighted by atomic mass is 10.2. The summed E-state index contributed by atoms with van der Waals surface area (Å²) in [7, 11) is 1.33. The second-order valence-electron chi connectivity index (χ2n) is 4.17. The normalized spacial score (nSPS) is 10.2. The van der Waals surface area contributed by atoms with E-state index in [4.69, 9.17) is 23.2 Å². The zero-order valence-corrected chi connectivity index (χ0v) is 13.6. The fourth-order valence-electron chi connectivity index (χ4n) is 1.60. The second-order valence-corrected chi connectivity index (χ2v) is 6.06. The molecule has 0 radical (unpaired) electrons. The number of methoxy groups -OCH3 is 1. The Morgan fingerprint density at radius 1 is 1.19 bits per heavy atom. The van der Waals surface area contributed by atoms with Crippen LogP contribution in [0.3, 0.4) is 0 Å². The van der Waals surface area contributed by atoms with E-state index < -0.39 is 6.09 Å². The molecule has 0 aliphatic heterocycles. The molecule has 0 saturated heterocycles. The van der Waals surface area contributed by atoms with E-state index in [0.717, 1.165) is 16.2 Å². The highest BCUT2D eigenvalue weighted by atomic mass is 35.5.